The predicted molar refractivity (Wildman–Crippen MR) is 100.0 cm³/mol. The second-order valence-electron chi connectivity index (χ2n) is 6.59. The molecule has 0 spiro atoms. The van der Waals surface area contributed by atoms with Crippen molar-refractivity contribution in [3.05, 3.63) is 0 Å². The van der Waals surface area contributed by atoms with Crippen LogP contribution in [-0.4, -0.2) is 25.0 Å². The highest BCUT2D eigenvalue weighted by atomic mass is 16.5. The monoisotopic (exact) mass is 341 g/mol. The van der Waals surface area contributed by atoms with Crippen LogP contribution in [-0.2, 0) is 14.3 Å². The molecule has 0 aromatic carbocycles. The van der Waals surface area contributed by atoms with Gasteiger partial charge in [-0.1, -0.05) is 90.4 Å². The molecule has 1 N–H and O–H groups in total. The number of hydrogen-bond donors (Lipinski definition) is 1. The number of nitrogens with one attached hydrogen (secondary N) is 1. The van der Waals surface area contributed by atoms with Crippen LogP contribution in [0.5, 0.6) is 0 Å². The first kappa shape index (κ1) is 22.9. The number of hydrogen-bond acceptors (Lipinski definition) is 3. The van der Waals surface area contributed by atoms with Crippen LogP contribution in [0.3, 0.4) is 0 Å². The molecule has 0 aromatic heterocycles. The maximum absolute atomic E-state index is 11.2. The van der Waals surface area contributed by atoms with Gasteiger partial charge in [0.05, 0.1) is 6.61 Å². The van der Waals surface area contributed by atoms with E-state index in [1.807, 2.05) is 0 Å². The van der Waals surface area contributed by atoms with Gasteiger partial charge in [-0.05, 0) is 13.3 Å². The summed E-state index contributed by atoms with van der Waals surface area (Å²) in [6, 6.07) is 0. The Morgan fingerprint density at radius 2 is 1.08 bits per heavy atom. The minimum atomic E-state index is -0.758. The molecule has 4 heteroatoms. The summed E-state index contributed by atoms with van der Waals surface area (Å²) < 4.78 is 4.91. The molecule has 0 saturated carbocycles. The Morgan fingerprint density at radius 3 is 1.50 bits per heavy atom. The number of esters is 1. The van der Waals surface area contributed by atoms with E-state index in [-0.39, 0.29) is 0 Å². The Kier molecular flexibility index (Phi) is 17.5. The third-order valence-corrected chi connectivity index (χ3v) is 4.25. The number of likely N-dealkylation sites (N-methyl/N-ethyl adjacent to an activating group) is 1. The Bertz CT molecular complexity index is 305. The first-order chi connectivity index (χ1) is 11.7. The minimum Gasteiger partial charge on any atom is -0.459 e. The summed E-state index contributed by atoms with van der Waals surface area (Å²) in [5.74, 6) is -1.39. The number of carbonyl (C=O) groups is 2. The van der Waals surface area contributed by atoms with Gasteiger partial charge in [-0.2, -0.15) is 0 Å². The van der Waals surface area contributed by atoms with E-state index < -0.39 is 11.9 Å². The Labute approximate surface area is 149 Å². The van der Waals surface area contributed by atoms with Crippen LogP contribution in [0.25, 0.3) is 0 Å². The molecule has 0 saturated heterocycles. The van der Waals surface area contributed by atoms with Crippen molar-refractivity contribution < 1.29 is 14.3 Å². The molecule has 0 aliphatic heterocycles. The lowest BCUT2D eigenvalue weighted by molar-refractivity contribution is -0.154. The smallest absolute Gasteiger partial charge is 0.396 e. The number of carbonyl (C=O) groups excluding carboxylic acids is 2. The molecule has 0 radical (unpaired) electrons. The Balaban J connectivity index is 3.15. The molecule has 0 rings (SSSR count). The number of amides is 1. The van der Waals surface area contributed by atoms with Gasteiger partial charge >= 0.3 is 11.9 Å². The third-order valence-electron chi connectivity index (χ3n) is 4.25. The van der Waals surface area contributed by atoms with E-state index in [4.69, 9.17) is 4.74 Å². The standard InChI is InChI=1S/C20H39NO3/c1-3-5-6-7-8-9-10-11-12-13-14-15-16-17-18-24-20(23)19(22)21-4-2/h3-18H2,1-2H3,(H,21,22). The van der Waals surface area contributed by atoms with Crippen molar-refractivity contribution >= 4 is 11.9 Å². The number of ether oxygens (including phenoxy) is 1. The van der Waals surface area contributed by atoms with Gasteiger partial charge in [0.1, 0.15) is 0 Å². The van der Waals surface area contributed by atoms with Gasteiger partial charge in [0, 0.05) is 6.54 Å². The average Bonchev–Trinajstić information content (AvgIpc) is 2.58. The highest BCUT2D eigenvalue weighted by Gasteiger charge is 2.12. The van der Waals surface area contributed by atoms with E-state index in [2.05, 4.69) is 12.2 Å². The van der Waals surface area contributed by atoms with Crippen molar-refractivity contribution in [2.24, 2.45) is 0 Å². The average molecular weight is 342 g/mol. The van der Waals surface area contributed by atoms with Gasteiger partial charge in [-0.15, -0.1) is 0 Å². The van der Waals surface area contributed by atoms with E-state index in [0.717, 1.165) is 12.8 Å². The van der Waals surface area contributed by atoms with Crippen LogP contribution in [0.2, 0.25) is 0 Å². The molecule has 4 nitrogen and oxygen atoms in total. The zero-order chi connectivity index (χ0) is 17.9. The first-order valence-electron chi connectivity index (χ1n) is 10.2. The number of rotatable bonds is 16. The van der Waals surface area contributed by atoms with Crippen molar-refractivity contribution in [2.45, 2.75) is 104 Å². The van der Waals surface area contributed by atoms with Crippen LogP contribution in [0.4, 0.5) is 0 Å². The van der Waals surface area contributed by atoms with Crippen LogP contribution in [0, 0.1) is 0 Å². The molecule has 0 fully saturated rings. The lowest BCUT2D eigenvalue weighted by atomic mass is 10.0. The Hall–Kier alpha value is -1.06. The SMILES string of the molecule is CCCCCCCCCCCCCCCCOC(=O)C(=O)NCC. The fourth-order valence-corrected chi connectivity index (χ4v) is 2.76. The van der Waals surface area contributed by atoms with Crippen molar-refractivity contribution in [3.63, 3.8) is 0 Å². The maximum Gasteiger partial charge on any atom is 0.396 e. The molecule has 24 heavy (non-hydrogen) atoms. The van der Waals surface area contributed by atoms with E-state index in [0.29, 0.717) is 13.2 Å². The van der Waals surface area contributed by atoms with Crippen LogP contribution in [0.15, 0.2) is 0 Å². The van der Waals surface area contributed by atoms with Gasteiger partial charge in [-0.25, -0.2) is 4.79 Å². The van der Waals surface area contributed by atoms with Crippen molar-refractivity contribution in [2.75, 3.05) is 13.2 Å². The van der Waals surface area contributed by atoms with Gasteiger partial charge in [-0.3, -0.25) is 4.79 Å². The van der Waals surface area contributed by atoms with Gasteiger partial charge in [0.2, 0.25) is 0 Å². The van der Waals surface area contributed by atoms with Crippen molar-refractivity contribution in [1.29, 1.82) is 0 Å². The predicted octanol–water partition coefficient (Wildman–Crippen LogP) is 5.15. The summed E-state index contributed by atoms with van der Waals surface area (Å²) in [7, 11) is 0. The molecule has 0 unspecified atom stereocenters. The molecular formula is C20H39NO3. The number of unbranched alkanes of at least 4 members (excludes halogenated alkanes) is 13. The van der Waals surface area contributed by atoms with E-state index in [1.165, 1.54) is 77.0 Å². The molecule has 142 valence electrons. The van der Waals surface area contributed by atoms with Crippen molar-refractivity contribution in [3.8, 4) is 0 Å². The second-order valence-corrected chi connectivity index (χ2v) is 6.59. The normalized spacial score (nSPS) is 10.6. The largest absolute Gasteiger partial charge is 0.459 e. The molecule has 0 aliphatic rings. The summed E-state index contributed by atoms with van der Waals surface area (Å²) in [6.45, 7) is 4.85. The summed E-state index contributed by atoms with van der Waals surface area (Å²) in [5.41, 5.74) is 0. The van der Waals surface area contributed by atoms with Crippen molar-refractivity contribution in [1.82, 2.24) is 5.32 Å². The third kappa shape index (κ3) is 15.8. The van der Waals surface area contributed by atoms with Crippen LogP contribution < -0.4 is 5.32 Å². The van der Waals surface area contributed by atoms with Gasteiger partial charge in [0.15, 0.2) is 0 Å². The zero-order valence-corrected chi connectivity index (χ0v) is 16.0. The van der Waals surface area contributed by atoms with E-state index in [9.17, 15) is 9.59 Å². The van der Waals surface area contributed by atoms with Gasteiger partial charge < -0.3 is 10.1 Å². The lowest BCUT2D eigenvalue weighted by Gasteiger charge is -2.05. The van der Waals surface area contributed by atoms with E-state index >= 15 is 0 Å². The molecule has 0 aliphatic carbocycles. The zero-order valence-electron chi connectivity index (χ0n) is 16.0. The molecule has 0 aromatic rings. The molecule has 0 bridgehead atoms. The summed E-state index contributed by atoms with van der Waals surface area (Å²) >= 11 is 0. The molecule has 0 atom stereocenters. The highest BCUT2D eigenvalue weighted by molar-refractivity contribution is 6.32. The quantitative estimate of drug-likeness (QED) is 0.240. The topological polar surface area (TPSA) is 55.4 Å². The van der Waals surface area contributed by atoms with Crippen LogP contribution >= 0.6 is 0 Å². The molecule has 1 amide bonds. The minimum absolute atomic E-state index is 0.355. The summed E-state index contributed by atoms with van der Waals surface area (Å²) in [5, 5.41) is 2.43. The highest BCUT2D eigenvalue weighted by Crippen LogP contribution is 2.12. The maximum atomic E-state index is 11.2. The molecular weight excluding hydrogens is 302 g/mol. The second kappa shape index (κ2) is 18.3. The van der Waals surface area contributed by atoms with E-state index in [1.54, 1.807) is 6.92 Å². The molecule has 0 heterocycles. The summed E-state index contributed by atoms with van der Waals surface area (Å²) in [4.78, 5) is 22.4. The summed E-state index contributed by atoms with van der Waals surface area (Å²) in [6.07, 6.45) is 18.2. The fraction of sp³-hybridized carbons (Fsp3) is 0.900. The lowest BCUT2D eigenvalue weighted by Crippen LogP contribution is -2.32. The first-order valence-corrected chi connectivity index (χ1v) is 10.2. The van der Waals surface area contributed by atoms with Crippen LogP contribution in [0.1, 0.15) is 104 Å². The van der Waals surface area contributed by atoms with Gasteiger partial charge in [0.25, 0.3) is 0 Å². The fourth-order valence-electron chi connectivity index (χ4n) is 2.76. The Morgan fingerprint density at radius 1 is 0.667 bits per heavy atom.